The molecule has 0 spiro atoms. The number of rotatable bonds is 6. The number of nitrogens with one attached hydrogen (secondary N) is 1. The summed E-state index contributed by atoms with van der Waals surface area (Å²) >= 11 is 1.85. The van der Waals surface area contributed by atoms with Gasteiger partial charge in [-0.25, -0.2) is 9.97 Å². The van der Waals surface area contributed by atoms with Gasteiger partial charge in [0.1, 0.15) is 10.6 Å². The Morgan fingerprint density at radius 2 is 1.66 bits per heavy atom. The Morgan fingerprint density at radius 3 is 2.48 bits per heavy atom. The van der Waals surface area contributed by atoms with Crippen molar-refractivity contribution in [3.05, 3.63) is 65.1 Å². The first-order valence-electron chi connectivity index (χ1n) is 10.2. The molecule has 0 unspecified atom stereocenters. The van der Waals surface area contributed by atoms with Crippen LogP contribution in [0.4, 0.5) is 5.82 Å². The number of hydrogen-bond donors (Lipinski definition) is 1. The van der Waals surface area contributed by atoms with Gasteiger partial charge in [-0.1, -0.05) is 0 Å². The molecule has 0 fully saturated rings. The molecule has 29 heavy (non-hydrogen) atoms. The van der Waals surface area contributed by atoms with Crippen LogP contribution in [-0.4, -0.2) is 26.5 Å². The van der Waals surface area contributed by atoms with E-state index in [2.05, 4.69) is 27.4 Å². The van der Waals surface area contributed by atoms with Crippen molar-refractivity contribution in [2.45, 2.75) is 38.5 Å². The van der Waals surface area contributed by atoms with Crippen molar-refractivity contribution in [1.29, 1.82) is 0 Å². The Hall–Kier alpha value is -2.86. The summed E-state index contributed by atoms with van der Waals surface area (Å²) in [5.41, 5.74) is 3.79. The predicted molar refractivity (Wildman–Crippen MR) is 118 cm³/mol. The Labute approximate surface area is 174 Å². The molecule has 146 valence electrons. The Balaban J connectivity index is 1.45. The molecule has 0 radical (unpaired) electrons. The summed E-state index contributed by atoms with van der Waals surface area (Å²) in [5.74, 6) is 1.76. The average Bonchev–Trinajstić information content (AvgIpc) is 3.16. The van der Waals surface area contributed by atoms with Crippen molar-refractivity contribution < 1.29 is 0 Å². The predicted octanol–water partition coefficient (Wildman–Crippen LogP) is 5.07. The molecule has 0 bridgehead atoms. The number of nitrogens with zero attached hydrogens (tertiary/aromatic N) is 4. The minimum Gasteiger partial charge on any atom is -0.369 e. The fourth-order valence-corrected chi connectivity index (χ4v) is 5.23. The van der Waals surface area contributed by atoms with E-state index >= 15 is 0 Å². The Kier molecular flexibility index (Phi) is 5.17. The largest absolute Gasteiger partial charge is 0.369 e. The molecule has 0 aliphatic heterocycles. The first-order chi connectivity index (χ1) is 14.4. The molecule has 1 aliphatic carbocycles. The van der Waals surface area contributed by atoms with Gasteiger partial charge in [0, 0.05) is 41.8 Å². The van der Waals surface area contributed by atoms with Crippen LogP contribution in [0.3, 0.4) is 0 Å². The van der Waals surface area contributed by atoms with Gasteiger partial charge in [-0.3, -0.25) is 9.97 Å². The van der Waals surface area contributed by atoms with Crippen LogP contribution in [0.15, 0.2) is 49.1 Å². The van der Waals surface area contributed by atoms with E-state index in [0.29, 0.717) is 0 Å². The molecule has 0 atom stereocenters. The topological polar surface area (TPSA) is 63.6 Å². The van der Waals surface area contributed by atoms with Gasteiger partial charge in [0.15, 0.2) is 5.82 Å². The van der Waals surface area contributed by atoms with Gasteiger partial charge in [-0.05, 0) is 73.9 Å². The molecular formula is C23H23N5S. The van der Waals surface area contributed by atoms with Gasteiger partial charge in [0.05, 0.1) is 5.39 Å². The zero-order valence-electron chi connectivity index (χ0n) is 16.3. The second-order valence-electron chi connectivity index (χ2n) is 7.41. The highest BCUT2D eigenvalue weighted by atomic mass is 32.1. The van der Waals surface area contributed by atoms with E-state index in [9.17, 15) is 0 Å². The minimum atomic E-state index is 0.773. The molecule has 5 nitrogen and oxygen atoms in total. The van der Waals surface area contributed by atoms with Crippen LogP contribution in [-0.2, 0) is 19.3 Å². The quantitative estimate of drug-likeness (QED) is 0.457. The van der Waals surface area contributed by atoms with E-state index in [1.807, 2.05) is 35.9 Å². The van der Waals surface area contributed by atoms with Crippen LogP contribution in [0.25, 0.3) is 21.6 Å². The fourth-order valence-electron chi connectivity index (χ4n) is 3.96. The highest BCUT2D eigenvalue weighted by molar-refractivity contribution is 7.19. The molecule has 0 aromatic carbocycles. The van der Waals surface area contributed by atoms with Crippen LogP contribution in [0.2, 0.25) is 0 Å². The standard InChI is InChI=1S/C23H23N5S/c1-2-6-19-18(5-1)20-22(26-11-3-4-16-7-12-24-13-8-16)27-21(28-23(20)29-19)17-9-14-25-15-10-17/h7-10,12-15H,1-6,11H2,(H,26,27,28). The van der Waals surface area contributed by atoms with Gasteiger partial charge in [-0.15, -0.1) is 11.3 Å². The van der Waals surface area contributed by atoms with Crippen molar-refractivity contribution in [3.63, 3.8) is 0 Å². The Morgan fingerprint density at radius 1 is 0.897 bits per heavy atom. The smallest absolute Gasteiger partial charge is 0.163 e. The number of aryl methyl sites for hydroxylation is 3. The van der Waals surface area contributed by atoms with Gasteiger partial charge < -0.3 is 5.32 Å². The maximum absolute atomic E-state index is 4.94. The lowest BCUT2D eigenvalue weighted by Gasteiger charge is -2.13. The summed E-state index contributed by atoms with van der Waals surface area (Å²) in [6, 6.07) is 8.11. The van der Waals surface area contributed by atoms with Crippen LogP contribution < -0.4 is 5.32 Å². The van der Waals surface area contributed by atoms with Gasteiger partial charge in [-0.2, -0.15) is 0 Å². The molecule has 4 aromatic heterocycles. The van der Waals surface area contributed by atoms with Crippen molar-refractivity contribution >= 4 is 27.4 Å². The third-order valence-electron chi connectivity index (χ3n) is 5.44. The molecule has 6 heteroatoms. The number of thiophene rings is 1. The molecule has 5 rings (SSSR count). The van der Waals surface area contributed by atoms with E-state index in [1.54, 1.807) is 12.4 Å². The summed E-state index contributed by atoms with van der Waals surface area (Å²) in [6.07, 6.45) is 14.2. The summed E-state index contributed by atoms with van der Waals surface area (Å²) in [5, 5.41) is 4.87. The normalized spacial score (nSPS) is 13.4. The summed E-state index contributed by atoms with van der Waals surface area (Å²) < 4.78 is 0. The van der Waals surface area contributed by atoms with Crippen molar-refractivity contribution in [2.24, 2.45) is 0 Å². The SMILES string of the molecule is c1cc(CCCNc2nc(-c3ccncc3)nc3sc4c(c23)CCCC4)ccn1. The fraction of sp³-hybridized carbons (Fsp3) is 0.304. The van der Waals surface area contributed by atoms with Crippen LogP contribution in [0.1, 0.15) is 35.3 Å². The van der Waals surface area contributed by atoms with E-state index < -0.39 is 0 Å². The summed E-state index contributed by atoms with van der Waals surface area (Å²) in [7, 11) is 0. The monoisotopic (exact) mass is 401 g/mol. The first kappa shape index (κ1) is 18.2. The molecule has 1 aliphatic rings. The highest BCUT2D eigenvalue weighted by Gasteiger charge is 2.21. The maximum atomic E-state index is 4.94. The summed E-state index contributed by atoms with van der Waals surface area (Å²) in [4.78, 5) is 20.7. The van der Waals surface area contributed by atoms with Crippen molar-refractivity contribution in [3.8, 4) is 11.4 Å². The molecule has 0 saturated heterocycles. The zero-order chi connectivity index (χ0) is 19.5. The molecule has 0 amide bonds. The molecular weight excluding hydrogens is 378 g/mol. The second-order valence-corrected chi connectivity index (χ2v) is 8.49. The van der Waals surface area contributed by atoms with Gasteiger partial charge in [0.2, 0.25) is 0 Å². The lowest BCUT2D eigenvalue weighted by Crippen LogP contribution is -2.08. The van der Waals surface area contributed by atoms with Gasteiger partial charge >= 0.3 is 0 Å². The van der Waals surface area contributed by atoms with Crippen LogP contribution >= 0.6 is 11.3 Å². The second kappa shape index (κ2) is 8.25. The van der Waals surface area contributed by atoms with Crippen molar-refractivity contribution in [2.75, 3.05) is 11.9 Å². The number of hydrogen-bond acceptors (Lipinski definition) is 6. The average molecular weight is 402 g/mol. The lowest BCUT2D eigenvalue weighted by molar-refractivity contribution is 0.700. The molecule has 1 N–H and O–H groups in total. The van der Waals surface area contributed by atoms with E-state index in [4.69, 9.17) is 9.97 Å². The molecule has 4 heterocycles. The third-order valence-corrected chi connectivity index (χ3v) is 6.62. The maximum Gasteiger partial charge on any atom is 0.163 e. The van der Waals surface area contributed by atoms with Crippen LogP contribution in [0.5, 0.6) is 0 Å². The number of pyridine rings is 2. The van der Waals surface area contributed by atoms with Crippen LogP contribution in [0, 0.1) is 0 Å². The first-order valence-corrected chi connectivity index (χ1v) is 11.1. The molecule has 4 aromatic rings. The summed E-state index contributed by atoms with van der Waals surface area (Å²) in [6.45, 7) is 0.884. The number of anilines is 1. The Bertz CT molecular complexity index is 1110. The third kappa shape index (κ3) is 3.85. The van der Waals surface area contributed by atoms with E-state index in [-0.39, 0.29) is 0 Å². The molecule has 0 saturated carbocycles. The lowest BCUT2D eigenvalue weighted by atomic mass is 9.97. The minimum absolute atomic E-state index is 0.773. The van der Waals surface area contributed by atoms with Gasteiger partial charge in [0.25, 0.3) is 0 Å². The van der Waals surface area contributed by atoms with Crippen molar-refractivity contribution in [1.82, 2.24) is 19.9 Å². The van der Waals surface area contributed by atoms with E-state index in [0.717, 1.165) is 47.8 Å². The highest BCUT2D eigenvalue weighted by Crippen LogP contribution is 2.39. The number of fused-ring (bicyclic) bond motifs is 3. The van der Waals surface area contributed by atoms with E-state index in [1.165, 1.54) is 40.7 Å². The zero-order valence-corrected chi connectivity index (χ0v) is 17.1. The number of aromatic nitrogens is 4.